The number of aryl methyl sites for hydroxylation is 3. The summed E-state index contributed by atoms with van der Waals surface area (Å²) in [4.78, 5) is 10.7. The highest BCUT2D eigenvalue weighted by Crippen LogP contribution is 2.10. The summed E-state index contributed by atoms with van der Waals surface area (Å²) in [5.74, 6) is -0.242. The molecule has 0 saturated heterocycles. The maximum Gasteiger partial charge on any atom is 0.217 e. The van der Waals surface area contributed by atoms with Crippen LogP contribution in [0.5, 0.6) is 0 Å². The first kappa shape index (κ1) is 13.3. The van der Waals surface area contributed by atoms with Crippen molar-refractivity contribution in [3.63, 3.8) is 0 Å². The molecular weight excluding hydrogens is 234 g/mol. The highest BCUT2D eigenvalue weighted by molar-refractivity contribution is 5.73. The van der Waals surface area contributed by atoms with Crippen molar-refractivity contribution in [2.75, 3.05) is 0 Å². The summed E-state index contributed by atoms with van der Waals surface area (Å²) in [5, 5.41) is 0. The van der Waals surface area contributed by atoms with Crippen molar-refractivity contribution < 1.29 is 4.79 Å². The zero-order valence-electron chi connectivity index (χ0n) is 11.0. The SMILES string of the molecule is NC(=O)CCc1ccc(CCc2ccccc2)cc1. The quantitative estimate of drug-likeness (QED) is 0.845. The summed E-state index contributed by atoms with van der Waals surface area (Å²) in [6, 6.07) is 18.9. The molecule has 0 aliphatic heterocycles. The van der Waals surface area contributed by atoms with Crippen molar-refractivity contribution in [3.8, 4) is 0 Å². The van der Waals surface area contributed by atoms with Gasteiger partial charge in [0.25, 0.3) is 0 Å². The molecule has 2 N–H and O–H groups in total. The third kappa shape index (κ3) is 4.59. The van der Waals surface area contributed by atoms with E-state index in [1.54, 1.807) is 0 Å². The van der Waals surface area contributed by atoms with Crippen LogP contribution in [0.3, 0.4) is 0 Å². The minimum atomic E-state index is -0.242. The first-order valence-corrected chi connectivity index (χ1v) is 6.64. The molecule has 0 unspecified atom stereocenters. The van der Waals surface area contributed by atoms with E-state index < -0.39 is 0 Å². The van der Waals surface area contributed by atoms with E-state index >= 15 is 0 Å². The van der Waals surface area contributed by atoms with Crippen molar-refractivity contribution in [2.45, 2.75) is 25.7 Å². The van der Waals surface area contributed by atoms with Gasteiger partial charge in [0.05, 0.1) is 0 Å². The molecule has 0 aromatic heterocycles. The van der Waals surface area contributed by atoms with Crippen LogP contribution in [-0.2, 0) is 24.1 Å². The zero-order valence-corrected chi connectivity index (χ0v) is 11.0. The van der Waals surface area contributed by atoms with E-state index in [1.165, 1.54) is 16.7 Å². The van der Waals surface area contributed by atoms with Crippen molar-refractivity contribution in [3.05, 3.63) is 71.3 Å². The van der Waals surface area contributed by atoms with Crippen LogP contribution in [0.15, 0.2) is 54.6 Å². The largest absolute Gasteiger partial charge is 0.370 e. The molecule has 98 valence electrons. The molecule has 0 fully saturated rings. The minimum Gasteiger partial charge on any atom is -0.370 e. The molecule has 1 amide bonds. The van der Waals surface area contributed by atoms with Crippen LogP contribution in [-0.4, -0.2) is 5.91 Å². The molecule has 0 aliphatic carbocycles. The normalized spacial score (nSPS) is 10.3. The van der Waals surface area contributed by atoms with Gasteiger partial charge in [-0.1, -0.05) is 54.6 Å². The maximum absolute atomic E-state index is 10.7. The van der Waals surface area contributed by atoms with Crippen LogP contribution >= 0.6 is 0 Å². The van der Waals surface area contributed by atoms with Crippen molar-refractivity contribution in [2.24, 2.45) is 5.73 Å². The molecule has 0 spiro atoms. The Kier molecular flexibility index (Phi) is 4.73. The Morgan fingerprint density at radius 1 is 0.737 bits per heavy atom. The standard InChI is InChI=1S/C17H19NO/c18-17(19)13-12-16-10-8-15(9-11-16)7-6-14-4-2-1-3-5-14/h1-5,8-11H,6-7,12-13H2,(H2,18,19). The van der Waals surface area contributed by atoms with Crippen molar-refractivity contribution in [1.29, 1.82) is 0 Å². The molecular formula is C17H19NO. The number of primary amides is 1. The molecule has 0 radical (unpaired) electrons. The molecule has 2 rings (SSSR count). The van der Waals surface area contributed by atoms with Gasteiger partial charge in [-0.3, -0.25) is 4.79 Å². The molecule has 19 heavy (non-hydrogen) atoms. The highest BCUT2D eigenvalue weighted by atomic mass is 16.1. The number of rotatable bonds is 6. The van der Waals surface area contributed by atoms with Gasteiger partial charge in [-0.05, 0) is 36.0 Å². The third-order valence-electron chi connectivity index (χ3n) is 3.23. The van der Waals surface area contributed by atoms with Crippen LogP contribution in [0.2, 0.25) is 0 Å². The van der Waals surface area contributed by atoms with E-state index in [9.17, 15) is 4.79 Å². The summed E-state index contributed by atoms with van der Waals surface area (Å²) in [5.41, 5.74) is 9.00. The highest BCUT2D eigenvalue weighted by Gasteiger charge is 1.99. The fraction of sp³-hybridized carbons (Fsp3) is 0.235. The Hall–Kier alpha value is -2.09. The van der Waals surface area contributed by atoms with Gasteiger partial charge in [0.1, 0.15) is 0 Å². The number of amides is 1. The van der Waals surface area contributed by atoms with Gasteiger partial charge in [-0.2, -0.15) is 0 Å². The Balaban J connectivity index is 1.86. The summed E-state index contributed by atoms with van der Waals surface area (Å²) in [7, 11) is 0. The Labute approximate surface area is 114 Å². The average Bonchev–Trinajstić information content (AvgIpc) is 2.45. The Morgan fingerprint density at radius 2 is 1.21 bits per heavy atom. The van der Waals surface area contributed by atoms with E-state index in [4.69, 9.17) is 5.73 Å². The fourth-order valence-corrected chi connectivity index (χ4v) is 2.07. The zero-order chi connectivity index (χ0) is 13.5. The van der Waals surface area contributed by atoms with E-state index in [2.05, 4.69) is 48.5 Å². The number of nitrogens with two attached hydrogens (primary N) is 1. The second-order valence-corrected chi connectivity index (χ2v) is 4.77. The van der Waals surface area contributed by atoms with E-state index in [1.807, 2.05) is 6.07 Å². The van der Waals surface area contributed by atoms with Crippen LogP contribution in [0, 0.1) is 0 Å². The first-order valence-electron chi connectivity index (χ1n) is 6.64. The monoisotopic (exact) mass is 253 g/mol. The molecule has 0 aliphatic rings. The number of carbonyl (C=O) groups excluding carboxylic acids is 1. The molecule has 0 heterocycles. The summed E-state index contributed by atoms with van der Waals surface area (Å²) < 4.78 is 0. The topological polar surface area (TPSA) is 43.1 Å². The Bertz CT molecular complexity index is 517. The van der Waals surface area contributed by atoms with Gasteiger partial charge in [-0.25, -0.2) is 0 Å². The van der Waals surface area contributed by atoms with Crippen molar-refractivity contribution in [1.82, 2.24) is 0 Å². The summed E-state index contributed by atoms with van der Waals surface area (Å²) in [6.45, 7) is 0. The predicted octanol–water partition coefficient (Wildman–Crippen LogP) is 2.89. The van der Waals surface area contributed by atoms with Gasteiger partial charge in [0.2, 0.25) is 5.91 Å². The Morgan fingerprint density at radius 3 is 1.74 bits per heavy atom. The van der Waals surface area contributed by atoms with Crippen LogP contribution < -0.4 is 5.73 Å². The molecule has 2 heteroatoms. The molecule has 2 nitrogen and oxygen atoms in total. The molecule has 0 bridgehead atoms. The fourth-order valence-electron chi connectivity index (χ4n) is 2.07. The van der Waals surface area contributed by atoms with Gasteiger partial charge in [-0.15, -0.1) is 0 Å². The van der Waals surface area contributed by atoms with Gasteiger partial charge in [0, 0.05) is 6.42 Å². The number of hydrogen-bond donors (Lipinski definition) is 1. The van der Waals surface area contributed by atoms with Crippen LogP contribution in [0.25, 0.3) is 0 Å². The van der Waals surface area contributed by atoms with Crippen LogP contribution in [0.4, 0.5) is 0 Å². The minimum absolute atomic E-state index is 0.242. The van der Waals surface area contributed by atoms with E-state index in [-0.39, 0.29) is 5.91 Å². The smallest absolute Gasteiger partial charge is 0.217 e. The summed E-state index contributed by atoms with van der Waals surface area (Å²) >= 11 is 0. The average molecular weight is 253 g/mol. The lowest BCUT2D eigenvalue weighted by molar-refractivity contribution is -0.117. The predicted molar refractivity (Wildman–Crippen MR) is 77.8 cm³/mol. The van der Waals surface area contributed by atoms with Crippen molar-refractivity contribution >= 4 is 5.91 Å². The van der Waals surface area contributed by atoms with E-state index in [0.717, 1.165) is 19.3 Å². The number of benzene rings is 2. The lowest BCUT2D eigenvalue weighted by atomic mass is 10.0. The molecule has 0 saturated carbocycles. The lowest BCUT2D eigenvalue weighted by Crippen LogP contribution is -2.11. The number of carbonyl (C=O) groups is 1. The summed E-state index contributed by atoms with van der Waals surface area (Å²) in [6.07, 6.45) is 3.25. The molecule has 0 atom stereocenters. The van der Waals surface area contributed by atoms with Gasteiger partial charge >= 0.3 is 0 Å². The van der Waals surface area contributed by atoms with E-state index in [0.29, 0.717) is 6.42 Å². The second-order valence-electron chi connectivity index (χ2n) is 4.77. The number of hydrogen-bond acceptors (Lipinski definition) is 1. The molecule has 2 aromatic carbocycles. The van der Waals surface area contributed by atoms with Gasteiger partial charge < -0.3 is 5.73 Å². The van der Waals surface area contributed by atoms with Crippen LogP contribution in [0.1, 0.15) is 23.1 Å². The maximum atomic E-state index is 10.7. The second kappa shape index (κ2) is 6.74. The third-order valence-corrected chi connectivity index (χ3v) is 3.23. The molecule has 2 aromatic rings. The first-order chi connectivity index (χ1) is 9.24. The lowest BCUT2D eigenvalue weighted by Gasteiger charge is -2.04. The van der Waals surface area contributed by atoms with Gasteiger partial charge in [0.15, 0.2) is 0 Å².